The minimum Gasteiger partial charge on any atom is -0.349 e. The molecule has 0 fully saturated rings. The molecule has 0 aliphatic heterocycles. The van der Waals surface area contributed by atoms with Gasteiger partial charge >= 0.3 is 0 Å². The first kappa shape index (κ1) is 10.3. The molecule has 0 radical (unpaired) electrons. The smallest absolute Gasteiger partial charge is 0.0306 e. The molecule has 1 aromatic heterocycles. The topological polar surface area (TPSA) is 17.0 Å². The highest BCUT2D eigenvalue weighted by molar-refractivity contribution is 5.29. The molecular formula is C11H20N2. The van der Waals surface area contributed by atoms with Gasteiger partial charge in [-0.2, -0.15) is 0 Å². The monoisotopic (exact) mass is 180 g/mol. The van der Waals surface area contributed by atoms with Crippen LogP contribution in [0.1, 0.15) is 36.8 Å². The van der Waals surface area contributed by atoms with Crippen molar-refractivity contribution in [1.82, 2.24) is 9.88 Å². The van der Waals surface area contributed by atoms with Crippen molar-refractivity contribution in [2.24, 2.45) is 0 Å². The molecule has 2 heteroatoms. The highest BCUT2D eigenvalue weighted by Crippen LogP contribution is 2.21. The molecule has 0 aliphatic carbocycles. The van der Waals surface area contributed by atoms with E-state index in [4.69, 9.17) is 0 Å². The van der Waals surface area contributed by atoms with Crippen LogP contribution in [0, 0.1) is 13.8 Å². The zero-order valence-electron chi connectivity index (χ0n) is 9.31. The van der Waals surface area contributed by atoms with Gasteiger partial charge in [-0.05, 0) is 46.4 Å². The maximum absolute atomic E-state index is 3.27. The van der Waals surface area contributed by atoms with E-state index >= 15 is 0 Å². The molecule has 1 N–H and O–H groups in total. The molecule has 0 bridgehead atoms. The predicted octanol–water partition coefficient (Wildman–Crippen LogP) is 2.41. The first-order chi connectivity index (χ1) is 6.11. The van der Waals surface area contributed by atoms with E-state index in [2.05, 4.69) is 43.6 Å². The van der Waals surface area contributed by atoms with Gasteiger partial charge in [0.1, 0.15) is 0 Å². The Morgan fingerprint density at radius 2 is 2.08 bits per heavy atom. The Morgan fingerprint density at radius 1 is 1.46 bits per heavy atom. The van der Waals surface area contributed by atoms with E-state index in [1.807, 2.05) is 7.05 Å². The highest BCUT2D eigenvalue weighted by Gasteiger charge is 2.11. The van der Waals surface area contributed by atoms with Gasteiger partial charge < -0.3 is 9.88 Å². The zero-order chi connectivity index (χ0) is 10.0. The summed E-state index contributed by atoms with van der Waals surface area (Å²) in [5.74, 6) is 0. The quantitative estimate of drug-likeness (QED) is 0.756. The van der Waals surface area contributed by atoms with Crippen LogP contribution in [0.25, 0.3) is 0 Å². The van der Waals surface area contributed by atoms with Gasteiger partial charge in [-0.15, -0.1) is 0 Å². The molecule has 74 valence electrons. The van der Waals surface area contributed by atoms with E-state index in [1.54, 1.807) is 0 Å². The maximum Gasteiger partial charge on any atom is 0.0306 e. The van der Waals surface area contributed by atoms with Crippen LogP contribution in [0.5, 0.6) is 0 Å². The molecule has 0 amide bonds. The molecule has 2 nitrogen and oxygen atoms in total. The molecule has 0 aliphatic rings. The van der Waals surface area contributed by atoms with Crippen LogP contribution < -0.4 is 5.32 Å². The SMILES string of the molecule is CCn1c(C)cc(C(C)NC)c1C. The molecule has 0 saturated carbocycles. The summed E-state index contributed by atoms with van der Waals surface area (Å²) < 4.78 is 2.35. The van der Waals surface area contributed by atoms with Crippen LogP contribution in [-0.4, -0.2) is 11.6 Å². The third kappa shape index (κ3) is 1.78. The number of nitrogens with one attached hydrogen (secondary N) is 1. The van der Waals surface area contributed by atoms with Gasteiger partial charge in [0.2, 0.25) is 0 Å². The number of aryl methyl sites for hydroxylation is 1. The van der Waals surface area contributed by atoms with Gasteiger partial charge in [0.05, 0.1) is 0 Å². The fourth-order valence-corrected chi connectivity index (χ4v) is 1.91. The van der Waals surface area contributed by atoms with Gasteiger partial charge in [0.25, 0.3) is 0 Å². The van der Waals surface area contributed by atoms with Crippen LogP contribution in [0.3, 0.4) is 0 Å². The highest BCUT2D eigenvalue weighted by atomic mass is 15.0. The van der Waals surface area contributed by atoms with Crippen molar-refractivity contribution in [2.45, 2.75) is 40.3 Å². The van der Waals surface area contributed by atoms with Crippen molar-refractivity contribution in [3.8, 4) is 0 Å². The van der Waals surface area contributed by atoms with E-state index < -0.39 is 0 Å². The fraction of sp³-hybridized carbons (Fsp3) is 0.636. The number of nitrogens with zero attached hydrogens (tertiary/aromatic N) is 1. The Bertz CT molecular complexity index is 287. The molecule has 1 unspecified atom stereocenters. The maximum atomic E-state index is 3.27. The number of aromatic nitrogens is 1. The first-order valence-electron chi connectivity index (χ1n) is 4.95. The van der Waals surface area contributed by atoms with Crippen LogP contribution in [-0.2, 0) is 6.54 Å². The summed E-state index contributed by atoms with van der Waals surface area (Å²) in [6.07, 6.45) is 0. The van der Waals surface area contributed by atoms with Gasteiger partial charge in [-0.25, -0.2) is 0 Å². The third-order valence-corrected chi connectivity index (χ3v) is 2.83. The molecular weight excluding hydrogens is 160 g/mol. The molecule has 0 saturated heterocycles. The lowest BCUT2D eigenvalue weighted by Gasteiger charge is -2.11. The second-order valence-corrected chi connectivity index (χ2v) is 3.58. The van der Waals surface area contributed by atoms with Gasteiger partial charge in [-0.1, -0.05) is 0 Å². The largest absolute Gasteiger partial charge is 0.349 e. The molecule has 1 heterocycles. The summed E-state index contributed by atoms with van der Waals surface area (Å²) in [5.41, 5.74) is 4.17. The molecule has 1 aromatic rings. The van der Waals surface area contributed by atoms with E-state index in [9.17, 15) is 0 Å². The molecule has 13 heavy (non-hydrogen) atoms. The predicted molar refractivity (Wildman–Crippen MR) is 57.1 cm³/mol. The van der Waals surface area contributed by atoms with Crippen molar-refractivity contribution in [3.63, 3.8) is 0 Å². The summed E-state index contributed by atoms with van der Waals surface area (Å²) in [5, 5.41) is 3.27. The van der Waals surface area contributed by atoms with Gasteiger partial charge in [0, 0.05) is 24.0 Å². The normalized spacial score (nSPS) is 13.3. The Kier molecular flexibility index (Phi) is 3.15. The van der Waals surface area contributed by atoms with Crippen LogP contribution in [0.4, 0.5) is 0 Å². The molecule has 1 rings (SSSR count). The fourth-order valence-electron chi connectivity index (χ4n) is 1.91. The van der Waals surface area contributed by atoms with Crippen LogP contribution in [0.2, 0.25) is 0 Å². The summed E-state index contributed by atoms with van der Waals surface area (Å²) >= 11 is 0. The van der Waals surface area contributed by atoms with E-state index in [0.717, 1.165) is 6.54 Å². The molecule has 0 spiro atoms. The Hall–Kier alpha value is -0.760. The Morgan fingerprint density at radius 3 is 2.46 bits per heavy atom. The average molecular weight is 180 g/mol. The Balaban J connectivity index is 3.10. The molecule has 0 aromatic carbocycles. The zero-order valence-corrected chi connectivity index (χ0v) is 9.31. The van der Waals surface area contributed by atoms with Crippen molar-refractivity contribution < 1.29 is 0 Å². The average Bonchev–Trinajstić information content (AvgIpc) is 2.40. The van der Waals surface area contributed by atoms with E-state index in [0.29, 0.717) is 6.04 Å². The summed E-state index contributed by atoms with van der Waals surface area (Å²) in [6.45, 7) is 9.81. The standard InChI is InChI=1S/C11H20N2/c1-6-13-8(2)7-11(10(13)4)9(3)12-5/h7,9,12H,6H2,1-5H3. The minimum atomic E-state index is 0.450. The van der Waals surface area contributed by atoms with Crippen molar-refractivity contribution in [3.05, 3.63) is 23.0 Å². The lowest BCUT2D eigenvalue weighted by atomic mass is 10.1. The van der Waals surface area contributed by atoms with Gasteiger partial charge in [-0.3, -0.25) is 0 Å². The van der Waals surface area contributed by atoms with Gasteiger partial charge in [0.15, 0.2) is 0 Å². The summed E-state index contributed by atoms with van der Waals surface area (Å²) in [7, 11) is 2.00. The third-order valence-electron chi connectivity index (χ3n) is 2.83. The van der Waals surface area contributed by atoms with Crippen LogP contribution in [0.15, 0.2) is 6.07 Å². The number of rotatable bonds is 3. The number of hydrogen-bond acceptors (Lipinski definition) is 1. The molecule has 1 atom stereocenters. The Labute approximate surface area is 81.0 Å². The van der Waals surface area contributed by atoms with Crippen molar-refractivity contribution in [1.29, 1.82) is 0 Å². The van der Waals surface area contributed by atoms with E-state index in [1.165, 1.54) is 17.0 Å². The van der Waals surface area contributed by atoms with E-state index in [-0.39, 0.29) is 0 Å². The summed E-state index contributed by atoms with van der Waals surface area (Å²) in [6, 6.07) is 2.73. The first-order valence-corrected chi connectivity index (χ1v) is 4.95. The second-order valence-electron chi connectivity index (χ2n) is 3.58. The van der Waals surface area contributed by atoms with Crippen molar-refractivity contribution in [2.75, 3.05) is 7.05 Å². The lowest BCUT2D eigenvalue weighted by Crippen LogP contribution is -2.13. The number of hydrogen-bond donors (Lipinski definition) is 1. The summed E-state index contributed by atoms with van der Waals surface area (Å²) in [4.78, 5) is 0. The van der Waals surface area contributed by atoms with Crippen LogP contribution >= 0.6 is 0 Å². The minimum absolute atomic E-state index is 0.450. The van der Waals surface area contributed by atoms with Crippen molar-refractivity contribution >= 4 is 0 Å². The second kappa shape index (κ2) is 3.97. The lowest BCUT2D eigenvalue weighted by molar-refractivity contribution is 0.638.